The quantitative estimate of drug-likeness (QED) is 0.531. The van der Waals surface area contributed by atoms with Crippen molar-refractivity contribution in [2.45, 2.75) is 26.3 Å². The largest absolute Gasteiger partial charge is 0.492 e. The first-order valence-electron chi connectivity index (χ1n) is 11.6. The van der Waals surface area contributed by atoms with E-state index in [9.17, 15) is 9.59 Å². The molecule has 178 valence electrons. The maximum absolute atomic E-state index is 13.5. The van der Waals surface area contributed by atoms with Gasteiger partial charge in [-0.3, -0.25) is 14.5 Å². The van der Waals surface area contributed by atoms with Crippen molar-refractivity contribution in [2.75, 3.05) is 38.1 Å². The van der Waals surface area contributed by atoms with Crippen LogP contribution in [0.3, 0.4) is 0 Å². The minimum Gasteiger partial charge on any atom is -0.492 e. The van der Waals surface area contributed by atoms with Crippen LogP contribution in [-0.2, 0) is 16.0 Å². The fourth-order valence-corrected chi connectivity index (χ4v) is 4.93. The summed E-state index contributed by atoms with van der Waals surface area (Å²) >= 11 is 1.52. The van der Waals surface area contributed by atoms with Gasteiger partial charge in [0.05, 0.1) is 18.7 Å². The van der Waals surface area contributed by atoms with Crippen molar-refractivity contribution >= 4 is 28.8 Å². The van der Waals surface area contributed by atoms with E-state index in [-0.39, 0.29) is 11.8 Å². The molecule has 1 unspecified atom stereocenters. The van der Waals surface area contributed by atoms with Gasteiger partial charge in [-0.25, -0.2) is 4.98 Å². The highest BCUT2D eigenvalue weighted by Crippen LogP contribution is 2.28. The van der Waals surface area contributed by atoms with Crippen LogP contribution in [0.2, 0.25) is 0 Å². The Morgan fingerprint density at radius 2 is 1.76 bits per heavy atom. The van der Waals surface area contributed by atoms with Crippen molar-refractivity contribution in [3.05, 3.63) is 76.2 Å². The van der Waals surface area contributed by atoms with Crippen molar-refractivity contribution in [3.63, 3.8) is 0 Å². The summed E-state index contributed by atoms with van der Waals surface area (Å²) in [6, 6.07) is 16.8. The topological polar surface area (TPSA) is 74.8 Å². The third-order valence-corrected chi connectivity index (χ3v) is 6.78. The number of nitrogens with zero attached hydrogens (tertiary/aromatic N) is 3. The Bertz CT molecular complexity index is 1110. The van der Waals surface area contributed by atoms with Crippen LogP contribution in [-0.4, -0.2) is 59.4 Å². The van der Waals surface area contributed by atoms with Gasteiger partial charge in [0, 0.05) is 37.3 Å². The average Bonchev–Trinajstić information content (AvgIpc) is 3.26. The Hall–Kier alpha value is -3.23. The molecule has 0 aliphatic carbocycles. The molecule has 1 aliphatic heterocycles. The van der Waals surface area contributed by atoms with Gasteiger partial charge in [0.2, 0.25) is 11.8 Å². The van der Waals surface area contributed by atoms with Crippen LogP contribution >= 0.6 is 11.3 Å². The molecule has 2 amide bonds. The van der Waals surface area contributed by atoms with E-state index in [1.807, 2.05) is 78.7 Å². The molecule has 2 aromatic carbocycles. The van der Waals surface area contributed by atoms with Gasteiger partial charge in [-0.1, -0.05) is 42.5 Å². The molecule has 4 rings (SSSR count). The lowest BCUT2D eigenvalue weighted by molar-refractivity contribution is -0.133. The summed E-state index contributed by atoms with van der Waals surface area (Å²) in [5.74, 6) is 0.620. The van der Waals surface area contributed by atoms with Crippen LogP contribution in [0.15, 0.2) is 60.0 Å². The third-order valence-electron chi connectivity index (χ3n) is 5.81. The van der Waals surface area contributed by atoms with E-state index in [0.717, 1.165) is 16.3 Å². The van der Waals surface area contributed by atoms with E-state index in [4.69, 9.17) is 4.74 Å². The second-order valence-electron chi connectivity index (χ2n) is 8.21. The molecule has 34 heavy (non-hydrogen) atoms. The number of hydrogen-bond acceptors (Lipinski definition) is 6. The number of carbonyl (C=O) groups excluding carboxylic acids is 2. The van der Waals surface area contributed by atoms with E-state index in [1.165, 1.54) is 11.3 Å². The third kappa shape index (κ3) is 5.81. The predicted octanol–water partition coefficient (Wildman–Crippen LogP) is 3.92. The van der Waals surface area contributed by atoms with Crippen molar-refractivity contribution in [2.24, 2.45) is 0 Å². The van der Waals surface area contributed by atoms with Crippen LogP contribution < -0.4 is 10.1 Å². The molecule has 8 heteroatoms. The average molecular weight is 479 g/mol. The smallest absolute Gasteiger partial charge is 0.246 e. The number of thiazole rings is 1. The second-order valence-corrected chi connectivity index (χ2v) is 9.15. The molecule has 0 radical (unpaired) electrons. The first kappa shape index (κ1) is 23.9. The number of ether oxygens (including phenoxy) is 1. The molecule has 0 saturated carbocycles. The number of anilines is 1. The normalized spacial score (nSPS) is 15.1. The summed E-state index contributed by atoms with van der Waals surface area (Å²) < 4.78 is 5.68. The predicted molar refractivity (Wildman–Crippen MR) is 134 cm³/mol. The number of aryl methyl sites for hydroxylation is 1. The molecular weight excluding hydrogens is 448 g/mol. The molecule has 1 atom stereocenters. The summed E-state index contributed by atoms with van der Waals surface area (Å²) in [5.41, 5.74) is 2.52. The van der Waals surface area contributed by atoms with E-state index in [1.54, 1.807) is 0 Å². The molecule has 0 spiro atoms. The zero-order chi connectivity index (χ0) is 23.9. The van der Waals surface area contributed by atoms with E-state index < -0.39 is 6.04 Å². The van der Waals surface area contributed by atoms with Crippen molar-refractivity contribution in [3.8, 4) is 5.75 Å². The van der Waals surface area contributed by atoms with Crippen LogP contribution in [0.25, 0.3) is 0 Å². The molecular formula is C26H30N4O3S. The van der Waals surface area contributed by atoms with Crippen LogP contribution in [0.1, 0.15) is 29.2 Å². The van der Waals surface area contributed by atoms with Gasteiger partial charge in [-0.15, -0.1) is 11.3 Å². The Balaban J connectivity index is 1.46. The molecule has 0 bridgehead atoms. The minimum atomic E-state index is -0.463. The first-order valence-corrected chi connectivity index (χ1v) is 12.4. The van der Waals surface area contributed by atoms with Gasteiger partial charge in [-0.05, 0) is 31.5 Å². The number of para-hydroxylation sites is 2. The molecule has 2 heterocycles. The lowest BCUT2D eigenvalue weighted by Crippen LogP contribution is -2.52. The fourth-order valence-electron chi connectivity index (χ4n) is 4.17. The Morgan fingerprint density at radius 1 is 1.06 bits per heavy atom. The summed E-state index contributed by atoms with van der Waals surface area (Å²) in [4.78, 5) is 34.7. The maximum atomic E-state index is 13.5. The number of benzene rings is 2. The van der Waals surface area contributed by atoms with Crippen LogP contribution in [0.4, 0.5) is 5.69 Å². The van der Waals surface area contributed by atoms with E-state index in [2.05, 4.69) is 15.2 Å². The lowest BCUT2D eigenvalue weighted by atomic mass is 10.0. The zero-order valence-corrected chi connectivity index (χ0v) is 20.4. The number of rotatable bonds is 8. The zero-order valence-electron chi connectivity index (χ0n) is 19.6. The Kier molecular flexibility index (Phi) is 7.92. The van der Waals surface area contributed by atoms with Gasteiger partial charge in [-0.2, -0.15) is 0 Å². The summed E-state index contributed by atoms with van der Waals surface area (Å²) in [6.45, 7) is 6.76. The Labute approximate surface area is 204 Å². The number of piperazine rings is 1. The highest BCUT2D eigenvalue weighted by Gasteiger charge is 2.32. The lowest BCUT2D eigenvalue weighted by Gasteiger charge is -2.38. The van der Waals surface area contributed by atoms with Gasteiger partial charge in [0.15, 0.2) is 0 Å². The van der Waals surface area contributed by atoms with Crippen molar-refractivity contribution in [1.82, 2.24) is 14.8 Å². The maximum Gasteiger partial charge on any atom is 0.246 e. The molecule has 1 aromatic heterocycles. The van der Waals surface area contributed by atoms with Crippen molar-refractivity contribution < 1.29 is 14.3 Å². The number of carbonyl (C=O) groups is 2. The summed E-state index contributed by atoms with van der Waals surface area (Å²) in [5, 5.41) is 5.88. The van der Waals surface area contributed by atoms with Gasteiger partial charge in [0.25, 0.3) is 0 Å². The molecule has 1 N–H and O–H groups in total. The minimum absolute atomic E-state index is 0.0837. The molecule has 1 fully saturated rings. The van der Waals surface area contributed by atoms with E-state index >= 15 is 0 Å². The van der Waals surface area contributed by atoms with Crippen molar-refractivity contribution in [1.29, 1.82) is 0 Å². The summed E-state index contributed by atoms with van der Waals surface area (Å²) in [7, 11) is 0. The second kappa shape index (κ2) is 11.3. The number of aromatic nitrogens is 1. The van der Waals surface area contributed by atoms with Crippen LogP contribution in [0, 0.1) is 6.92 Å². The Morgan fingerprint density at radius 3 is 2.44 bits per heavy atom. The summed E-state index contributed by atoms with van der Waals surface area (Å²) in [6.07, 6.45) is 0.329. The molecule has 1 aliphatic rings. The first-order chi connectivity index (χ1) is 16.5. The van der Waals surface area contributed by atoms with Gasteiger partial charge >= 0.3 is 0 Å². The number of amides is 2. The standard InChI is InChI=1S/C26H30N4O3S/c1-3-33-22-12-8-7-11-21(22)28-26(32)25(20-9-5-4-6-10-20)30-15-13-29(14-16-30)24(31)17-23-27-19(2)18-34-23/h4-12,18,25H,3,13-17H2,1-2H3,(H,28,32). The SMILES string of the molecule is CCOc1ccccc1NC(=O)C(c1ccccc1)N1CCN(C(=O)Cc2nc(C)cs2)CC1. The number of hydrogen-bond donors (Lipinski definition) is 1. The number of nitrogens with one attached hydrogen (secondary N) is 1. The van der Waals surface area contributed by atoms with Crippen LogP contribution in [0.5, 0.6) is 5.75 Å². The van der Waals surface area contributed by atoms with Gasteiger partial charge < -0.3 is 15.0 Å². The monoisotopic (exact) mass is 478 g/mol. The van der Waals surface area contributed by atoms with E-state index in [0.29, 0.717) is 50.6 Å². The van der Waals surface area contributed by atoms with Gasteiger partial charge in [0.1, 0.15) is 16.8 Å². The molecule has 7 nitrogen and oxygen atoms in total. The molecule has 3 aromatic rings. The highest BCUT2D eigenvalue weighted by atomic mass is 32.1. The highest BCUT2D eigenvalue weighted by molar-refractivity contribution is 7.09. The molecule has 1 saturated heterocycles. The fraction of sp³-hybridized carbons (Fsp3) is 0.346.